The van der Waals surface area contributed by atoms with Crippen molar-refractivity contribution in [2.45, 2.75) is 5.78 Å². The molecule has 3 N–H and O–H groups in total. The van der Waals surface area contributed by atoms with E-state index >= 15 is 0 Å². The van der Waals surface area contributed by atoms with Gasteiger partial charge in [0.15, 0.2) is 0 Å². The molecule has 2 rings (SSSR count). The molecule has 1 aromatic carbocycles. The van der Waals surface area contributed by atoms with E-state index in [0.29, 0.717) is 4.90 Å². The molecule has 7 nitrogen and oxygen atoms in total. The molecule has 0 aromatic heterocycles. The first kappa shape index (κ1) is 11.8. The first-order chi connectivity index (χ1) is 7.91. The Morgan fingerprint density at radius 3 is 2.24 bits per heavy atom. The summed E-state index contributed by atoms with van der Waals surface area (Å²) < 4.78 is 11.0. The van der Waals surface area contributed by atoms with Crippen LogP contribution >= 0.6 is 7.60 Å². The van der Waals surface area contributed by atoms with Crippen LogP contribution in [0.1, 0.15) is 0 Å². The number of urea groups is 1. The van der Waals surface area contributed by atoms with Gasteiger partial charge in [0.2, 0.25) is 5.78 Å². The number of carbonyl (C=O) groups excluding carboxylic acids is 2. The van der Waals surface area contributed by atoms with Crippen molar-refractivity contribution in [2.24, 2.45) is 0 Å². The lowest BCUT2D eigenvalue weighted by molar-refractivity contribution is -0.117. The van der Waals surface area contributed by atoms with Gasteiger partial charge >= 0.3 is 13.6 Å². The molecule has 1 aliphatic rings. The Hall–Kier alpha value is -1.69. The van der Waals surface area contributed by atoms with E-state index < -0.39 is 25.3 Å². The van der Waals surface area contributed by atoms with Crippen LogP contribution in [-0.2, 0) is 9.36 Å². The smallest absolute Gasteiger partial charge is 0.323 e. The second-order valence-electron chi connectivity index (χ2n) is 3.45. The Morgan fingerprint density at radius 2 is 1.76 bits per heavy atom. The van der Waals surface area contributed by atoms with Crippen LogP contribution in [0.15, 0.2) is 30.3 Å². The van der Waals surface area contributed by atoms with Gasteiger partial charge in [0.25, 0.3) is 5.91 Å². The summed E-state index contributed by atoms with van der Waals surface area (Å²) in [5, 5.41) is 1.97. The van der Waals surface area contributed by atoms with Crippen LogP contribution in [0, 0.1) is 0 Å². The van der Waals surface area contributed by atoms with Crippen molar-refractivity contribution in [3.05, 3.63) is 30.3 Å². The molecule has 90 valence electrons. The van der Waals surface area contributed by atoms with Crippen LogP contribution in [0.5, 0.6) is 0 Å². The molecular weight excluding hydrogens is 247 g/mol. The maximum atomic E-state index is 11.7. The summed E-state index contributed by atoms with van der Waals surface area (Å²) in [5.74, 6) is -2.75. The molecule has 1 atom stereocenters. The summed E-state index contributed by atoms with van der Waals surface area (Å²) in [4.78, 5) is 41.8. The number of nitrogens with one attached hydrogen (secondary N) is 1. The van der Waals surface area contributed by atoms with Crippen LogP contribution in [0.3, 0.4) is 0 Å². The Labute approximate surface area is 96.2 Å². The first-order valence-electron chi connectivity index (χ1n) is 4.66. The number of benzene rings is 1. The number of hydrogen-bond acceptors (Lipinski definition) is 3. The lowest BCUT2D eigenvalue weighted by Crippen LogP contribution is -2.31. The third kappa shape index (κ3) is 2.08. The second kappa shape index (κ2) is 3.96. The van der Waals surface area contributed by atoms with Crippen molar-refractivity contribution in [3.63, 3.8) is 0 Å². The molecule has 1 unspecified atom stereocenters. The average Bonchev–Trinajstić information content (AvgIpc) is 2.55. The number of rotatable bonds is 2. The van der Waals surface area contributed by atoms with Gasteiger partial charge in [0, 0.05) is 0 Å². The van der Waals surface area contributed by atoms with Gasteiger partial charge < -0.3 is 15.1 Å². The van der Waals surface area contributed by atoms with E-state index in [1.807, 2.05) is 5.32 Å². The minimum Gasteiger partial charge on any atom is -0.323 e. The van der Waals surface area contributed by atoms with Crippen LogP contribution in [0.4, 0.5) is 10.5 Å². The molecule has 0 bridgehead atoms. The van der Waals surface area contributed by atoms with Crippen molar-refractivity contribution >= 4 is 25.2 Å². The molecule has 3 amide bonds. The molecular formula is C9H9N2O5P. The summed E-state index contributed by atoms with van der Waals surface area (Å²) in [6.45, 7) is 0. The first-order valence-corrected chi connectivity index (χ1v) is 6.34. The Kier molecular flexibility index (Phi) is 2.74. The largest absolute Gasteiger partial charge is 0.357 e. The molecule has 0 radical (unpaired) electrons. The molecule has 0 saturated carbocycles. The number of nitrogens with zero attached hydrogens (tertiary/aromatic N) is 1. The molecule has 1 aromatic rings. The predicted molar refractivity (Wildman–Crippen MR) is 58.3 cm³/mol. The molecule has 0 aliphatic carbocycles. The monoisotopic (exact) mass is 256 g/mol. The zero-order valence-electron chi connectivity index (χ0n) is 8.48. The third-order valence-electron chi connectivity index (χ3n) is 2.27. The van der Waals surface area contributed by atoms with Gasteiger partial charge in [-0.1, -0.05) is 18.2 Å². The van der Waals surface area contributed by atoms with Gasteiger partial charge in [-0.2, -0.15) is 0 Å². The topological polar surface area (TPSA) is 107 Å². The van der Waals surface area contributed by atoms with E-state index in [4.69, 9.17) is 9.79 Å². The van der Waals surface area contributed by atoms with E-state index in [1.165, 1.54) is 12.1 Å². The molecule has 0 spiro atoms. The average molecular weight is 256 g/mol. The Bertz CT molecular complexity index is 511. The highest BCUT2D eigenvalue weighted by molar-refractivity contribution is 7.53. The summed E-state index contributed by atoms with van der Waals surface area (Å²) in [6, 6.07) is 7.08. The van der Waals surface area contributed by atoms with Gasteiger partial charge in [-0.05, 0) is 12.1 Å². The van der Waals surface area contributed by atoms with Crippen molar-refractivity contribution in [3.8, 4) is 0 Å². The SMILES string of the molecule is O=C1NC(P(=O)(O)O)C(=O)N1c1ccccc1. The number of amides is 3. The highest BCUT2D eigenvalue weighted by Crippen LogP contribution is 2.43. The molecule has 17 heavy (non-hydrogen) atoms. The van der Waals surface area contributed by atoms with E-state index in [2.05, 4.69) is 0 Å². The minimum atomic E-state index is -4.69. The number of imide groups is 1. The Balaban J connectivity index is 2.36. The van der Waals surface area contributed by atoms with Gasteiger partial charge in [-0.3, -0.25) is 9.36 Å². The zero-order valence-corrected chi connectivity index (χ0v) is 9.37. The highest BCUT2D eigenvalue weighted by atomic mass is 31.2. The van der Waals surface area contributed by atoms with Crippen LogP contribution in [-0.4, -0.2) is 27.5 Å². The fraction of sp³-hybridized carbons (Fsp3) is 0.111. The van der Waals surface area contributed by atoms with E-state index in [0.717, 1.165) is 0 Å². The molecule has 1 saturated heterocycles. The van der Waals surface area contributed by atoms with Crippen molar-refractivity contribution in [1.82, 2.24) is 5.32 Å². The zero-order chi connectivity index (χ0) is 12.6. The molecule has 1 aliphatic heterocycles. The number of para-hydroxylation sites is 1. The quantitative estimate of drug-likeness (QED) is 0.519. The van der Waals surface area contributed by atoms with Crippen molar-refractivity contribution < 1.29 is 23.9 Å². The van der Waals surface area contributed by atoms with E-state index in [-0.39, 0.29) is 5.69 Å². The summed E-state index contributed by atoms with van der Waals surface area (Å²) in [7, 11) is -4.69. The van der Waals surface area contributed by atoms with Crippen molar-refractivity contribution in [2.75, 3.05) is 4.90 Å². The van der Waals surface area contributed by atoms with E-state index in [1.54, 1.807) is 18.2 Å². The lowest BCUT2D eigenvalue weighted by atomic mass is 10.3. The summed E-state index contributed by atoms with van der Waals surface area (Å²) in [5.41, 5.74) is 0.269. The number of carbonyl (C=O) groups is 2. The second-order valence-corrected chi connectivity index (χ2v) is 5.14. The number of hydrogen-bond donors (Lipinski definition) is 3. The molecule has 1 heterocycles. The fourth-order valence-corrected chi connectivity index (χ4v) is 2.20. The maximum absolute atomic E-state index is 11.7. The summed E-state index contributed by atoms with van der Waals surface area (Å²) in [6.07, 6.45) is 0. The minimum absolute atomic E-state index is 0.269. The highest BCUT2D eigenvalue weighted by Gasteiger charge is 2.48. The number of anilines is 1. The van der Waals surface area contributed by atoms with Gasteiger partial charge in [0.05, 0.1) is 5.69 Å². The van der Waals surface area contributed by atoms with Crippen LogP contribution < -0.4 is 10.2 Å². The van der Waals surface area contributed by atoms with Gasteiger partial charge in [-0.25, -0.2) is 9.69 Å². The molecule has 1 fully saturated rings. The molecule has 8 heteroatoms. The lowest BCUT2D eigenvalue weighted by Gasteiger charge is -2.12. The normalized spacial score (nSPS) is 20.6. The van der Waals surface area contributed by atoms with Gasteiger partial charge in [0.1, 0.15) is 0 Å². The third-order valence-corrected chi connectivity index (χ3v) is 3.29. The Morgan fingerprint density at radius 1 is 1.18 bits per heavy atom. The van der Waals surface area contributed by atoms with Crippen LogP contribution in [0.25, 0.3) is 0 Å². The fourth-order valence-electron chi connectivity index (χ4n) is 1.52. The van der Waals surface area contributed by atoms with Gasteiger partial charge in [-0.15, -0.1) is 0 Å². The van der Waals surface area contributed by atoms with Crippen LogP contribution in [0.2, 0.25) is 0 Å². The van der Waals surface area contributed by atoms with E-state index in [9.17, 15) is 14.2 Å². The standard InChI is InChI=1S/C9H9N2O5P/c12-8-7(17(14,15)16)10-9(13)11(8)6-4-2-1-3-5-6/h1-5,7H,(H,10,13)(H2,14,15,16). The maximum Gasteiger partial charge on any atom is 0.357 e. The predicted octanol–water partition coefficient (Wildman–Crippen LogP) is 0.247. The summed E-state index contributed by atoms with van der Waals surface area (Å²) >= 11 is 0. The van der Waals surface area contributed by atoms with Crippen molar-refractivity contribution in [1.29, 1.82) is 0 Å².